The number of phenolic OH excluding ortho intramolecular Hbond substituents is 1. The van der Waals surface area contributed by atoms with Crippen LogP contribution in [0.1, 0.15) is 37.7 Å². The highest BCUT2D eigenvalue weighted by Gasteiger charge is 2.31. The first-order valence-electron chi connectivity index (χ1n) is 10.8. The molecule has 2 aromatic rings. The molecule has 2 heterocycles. The molecule has 1 saturated carbocycles. The average molecular weight is 458 g/mol. The summed E-state index contributed by atoms with van der Waals surface area (Å²) in [6, 6.07) is 5.14. The number of anilines is 4. The Hall–Kier alpha value is -3.08. The van der Waals surface area contributed by atoms with Gasteiger partial charge >= 0.3 is 0 Å². The van der Waals surface area contributed by atoms with Crippen molar-refractivity contribution in [1.82, 2.24) is 20.3 Å². The van der Waals surface area contributed by atoms with E-state index in [4.69, 9.17) is 0 Å². The molecule has 170 valence electrons. The largest absolute Gasteiger partial charge is 0.508 e. The molecule has 1 unspecified atom stereocenters. The van der Waals surface area contributed by atoms with Gasteiger partial charge < -0.3 is 21.1 Å². The Kier molecular flexibility index (Phi) is 6.93. The van der Waals surface area contributed by atoms with Gasteiger partial charge in [0.2, 0.25) is 23.8 Å². The van der Waals surface area contributed by atoms with E-state index in [1.54, 1.807) is 18.2 Å². The minimum atomic E-state index is -0.533. The zero-order valence-corrected chi connectivity index (χ0v) is 18.7. The quantitative estimate of drug-likeness (QED) is 0.375. The lowest BCUT2D eigenvalue weighted by Gasteiger charge is -2.22. The van der Waals surface area contributed by atoms with Crippen LogP contribution in [-0.4, -0.2) is 49.5 Å². The fraction of sp³-hybridized carbons (Fsp3) is 0.476. The number of nitrogens with zero attached hydrogens (tertiary/aromatic N) is 3. The van der Waals surface area contributed by atoms with Crippen LogP contribution in [0.3, 0.4) is 0 Å². The summed E-state index contributed by atoms with van der Waals surface area (Å²) in [6.07, 6.45) is 6.20. The second kappa shape index (κ2) is 10.0. The molecule has 2 fully saturated rings. The zero-order chi connectivity index (χ0) is 22.5. The maximum atomic E-state index is 11.8. The number of phenols is 1. The number of hydrogen-bond acceptors (Lipinski definition) is 10. The lowest BCUT2D eigenvalue weighted by Crippen LogP contribution is -2.29. The minimum absolute atomic E-state index is 0.213. The number of aromatic nitrogens is 3. The average Bonchev–Trinajstić information content (AvgIpc) is 3.11. The number of carbonyl (C=O) groups excluding carboxylic acids is 2. The number of aryl methyl sites for hydroxylation is 1. The Bertz CT molecular complexity index is 997. The Morgan fingerprint density at radius 3 is 2.38 bits per heavy atom. The third kappa shape index (κ3) is 5.78. The number of aromatic hydroxyl groups is 1. The van der Waals surface area contributed by atoms with Gasteiger partial charge in [0.25, 0.3) is 5.24 Å². The number of carbonyl (C=O) groups is 2. The minimum Gasteiger partial charge on any atom is -0.508 e. The van der Waals surface area contributed by atoms with Crippen molar-refractivity contribution in [3.8, 4) is 5.75 Å². The molecule has 1 atom stereocenters. The molecule has 11 heteroatoms. The molecule has 0 radical (unpaired) electrons. The first kappa shape index (κ1) is 22.1. The molecule has 1 saturated heterocycles. The van der Waals surface area contributed by atoms with Gasteiger partial charge in [-0.15, -0.1) is 0 Å². The fourth-order valence-electron chi connectivity index (χ4n) is 3.79. The van der Waals surface area contributed by atoms with Crippen molar-refractivity contribution in [2.45, 2.75) is 44.3 Å². The maximum absolute atomic E-state index is 11.8. The van der Waals surface area contributed by atoms with Gasteiger partial charge in [-0.25, -0.2) is 0 Å². The fourth-order valence-corrected chi connectivity index (χ4v) is 4.54. The second-order valence-electron chi connectivity index (χ2n) is 8.08. The normalized spacial score (nSPS) is 19.0. The van der Waals surface area contributed by atoms with Crippen LogP contribution in [0.15, 0.2) is 18.2 Å². The third-order valence-corrected chi connectivity index (χ3v) is 6.56. The highest BCUT2D eigenvalue weighted by Crippen LogP contribution is 2.25. The van der Waals surface area contributed by atoms with Crippen molar-refractivity contribution in [2.24, 2.45) is 5.92 Å². The molecule has 2 aliphatic rings. The van der Waals surface area contributed by atoms with Crippen LogP contribution in [0.2, 0.25) is 0 Å². The summed E-state index contributed by atoms with van der Waals surface area (Å²) in [5, 5.41) is 20.7. The van der Waals surface area contributed by atoms with Crippen molar-refractivity contribution in [3.05, 3.63) is 23.8 Å². The highest BCUT2D eigenvalue weighted by molar-refractivity contribution is 8.15. The summed E-state index contributed by atoms with van der Waals surface area (Å²) in [5.41, 5.74) is 1.46. The summed E-state index contributed by atoms with van der Waals surface area (Å²) in [5.74, 6) is 1.55. The molecule has 32 heavy (non-hydrogen) atoms. The molecule has 2 amide bonds. The van der Waals surface area contributed by atoms with Gasteiger partial charge in [0.05, 0.1) is 0 Å². The van der Waals surface area contributed by atoms with Crippen molar-refractivity contribution >= 4 is 46.4 Å². The topological polar surface area (TPSA) is 141 Å². The highest BCUT2D eigenvalue weighted by atomic mass is 32.2. The van der Waals surface area contributed by atoms with Gasteiger partial charge in [-0.1, -0.05) is 19.3 Å². The van der Waals surface area contributed by atoms with Crippen LogP contribution in [0.4, 0.5) is 28.3 Å². The number of hydrogen-bond donors (Lipinski definition) is 5. The molecular weight excluding hydrogens is 430 g/mol. The standard InChI is InChI=1S/C21H27N7O3S/c1-12-9-14(7-8-15(12)29)24-20-27-18(22-10-13-5-3-2-4-6-13)26-19(28-20)23-11-16-17(30)25-21(31)32-16/h7-9,13,16,29H,2-6,10-11H2,1H3,(H,25,30,31)(H3,22,23,24,26,27,28). The van der Waals surface area contributed by atoms with Gasteiger partial charge in [0.15, 0.2) is 0 Å². The van der Waals surface area contributed by atoms with E-state index in [9.17, 15) is 14.7 Å². The lowest BCUT2D eigenvalue weighted by molar-refractivity contribution is -0.118. The van der Waals surface area contributed by atoms with Crippen molar-refractivity contribution in [2.75, 3.05) is 29.0 Å². The van der Waals surface area contributed by atoms with Crippen LogP contribution in [0.5, 0.6) is 5.75 Å². The van der Waals surface area contributed by atoms with Crippen LogP contribution in [0, 0.1) is 12.8 Å². The van der Waals surface area contributed by atoms with Crippen LogP contribution < -0.4 is 21.3 Å². The predicted octanol–water partition coefficient (Wildman–Crippen LogP) is 3.38. The molecule has 0 spiro atoms. The molecular formula is C21H27N7O3S. The first-order chi connectivity index (χ1) is 15.5. The number of nitrogens with one attached hydrogen (secondary N) is 4. The van der Waals surface area contributed by atoms with Crippen molar-refractivity contribution in [1.29, 1.82) is 0 Å². The first-order valence-corrected chi connectivity index (χ1v) is 11.7. The Morgan fingerprint density at radius 2 is 1.72 bits per heavy atom. The van der Waals surface area contributed by atoms with Gasteiger partial charge in [0.1, 0.15) is 11.0 Å². The molecule has 1 aromatic heterocycles. The van der Waals surface area contributed by atoms with Gasteiger partial charge in [0, 0.05) is 18.8 Å². The molecule has 0 bridgehead atoms. The Morgan fingerprint density at radius 1 is 1.03 bits per heavy atom. The van der Waals surface area contributed by atoms with Gasteiger partial charge in [-0.3, -0.25) is 14.9 Å². The van der Waals surface area contributed by atoms with Crippen LogP contribution >= 0.6 is 11.8 Å². The van der Waals surface area contributed by atoms with E-state index < -0.39 is 5.25 Å². The van der Waals surface area contributed by atoms with Crippen molar-refractivity contribution in [3.63, 3.8) is 0 Å². The third-order valence-electron chi connectivity index (χ3n) is 5.57. The number of benzene rings is 1. The molecule has 1 aliphatic heterocycles. The number of rotatable bonds is 8. The SMILES string of the molecule is Cc1cc(Nc2nc(NCC3CCCCC3)nc(NCC3SC(=O)NC3=O)n2)ccc1O. The van der Waals surface area contributed by atoms with Crippen LogP contribution in [0.25, 0.3) is 0 Å². The number of thioether (sulfide) groups is 1. The van der Waals surface area contributed by atoms with E-state index >= 15 is 0 Å². The lowest BCUT2D eigenvalue weighted by atomic mass is 9.89. The Balaban J connectivity index is 1.49. The molecule has 10 nitrogen and oxygen atoms in total. The Labute approximate surface area is 190 Å². The monoisotopic (exact) mass is 457 g/mol. The summed E-state index contributed by atoms with van der Waals surface area (Å²) >= 11 is 0.948. The maximum Gasteiger partial charge on any atom is 0.286 e. The number of amides is 2. The summed E-state index contributed by atoms with van der Waals surface area (Å²) < 4.78 is 0. The van der Waals surface area contributed by atoms with E-state index in [2.05, 4.69) is 36.2 Å². The van der Waals surface area contributed by atoms with Gasteiger partial charge in [-0.2, -0.15) is 15.0 Å². The summed E-state index contributed by atoms with van der Waals surface area (Å²) in [7, 11) is 0. The van der Waals surface area contributed by atoms with E-state index in [1.807, 2.05) is 6.92 Å². The van der Waals surface area contributed by atoms with E-state index in [-0.39, 0.29) is 23.4 Å². The van der Waals surface area contributed by atoms with Gasteiger partial charge in [-0.05, 0) is 61.2 Å². The van der Waals surface area contributed by atoms with Crippen molar-refractivity contribution < 1.29 is 14.7 Å². The summed E-state index contributed by atoms with van der Waals surface area (Å²) in [6.45, 7) is 2.81. The van der Waals surface area contributed by atoms with E-state index in [1.165, 1.54) is 32.1 Å². The van der Waals surface area contributed by atoms with Crippen LogP contribution in [-0.2, 0) is 4.79 Å². The predicted molar refractivity (Wildman–Crippen MR) is 124 cm³/mol. The smallest absolute Gasteiger partial charge is 0.286 e. The molecule has 1 aromatic carbocycles. The van der Waals surface area contributed by atoms with E-state index in [0.717, 1.165) is 29.6 Å². The molecule has 4 rings (SSSR count). The zero-order valence-electron chi connectivity index (χ0n) is 17.9. The van der Waals surface area contributed by atoms with E-state index in [0.29, 0.717) is 23.8 Å². The summed E-state index contributed by atoms with van der Waals surface area (Å²) in [4.78, 5) is 36.6. The number of imide groups is 1. The second-order valence-corrected chi connectivity index (χ2v) is 9.26. The molecule has 1 aliphatic carbocycles. The molecule has 5 N–H and O–H groups in total.